The van der Waals surface area contributed by atoms with Gasteiger partial charge in [0.25, 0.3) is 0 Å². The fourth-order valence-electron chi connectivity index (χ4n) is 2.00. The number of carboxylic acid groups (broad SMARTS) is 1. The maximum atomic E-state index is 13.4. The molecular formula is C12H13FO3. The largest absolute Gasteiger partial charge is 0.481 e. The Morgan fingerprint density at radius 1 is 1.50 bits per heavy atom. The Morgan fingerprint density at radius 3 is 2.81 bits per heavy atom. The van der Waals surface area contributed by atoms with Gasteiger partial charge in [-0.25, -0.2) is 4.39 Å². The molecule has 86 valence electrons. The Bertz CT molecular complexity index is 397. The Morgan fingerprint density at radius 2 is 2.25 bits per heavy atom. The molecule has 1 unspecified atom stereocenters. The number of benzene rings is 1. The maximum Gasteiger partial charge on any atom is 0.312 e. The highest BCUT2D eigenvalue weighted by molar-refractivity contribution is 5.75. The third kappa shape index (κ3) is 1.93. The number of rotatable bonds is 3. The van der Waals surface area contributed by atoms with Gasteiger partial charge in [-0.3, -0.25) is 4.79 Å². The first-order chi connectivity index (χ1) is 7.64. The smallest absolute Gasteiger partial charge is 0.312 e. The second-order valence-corrected chi connectivity index (χ2v) is 4.16. The van der Waals surface area contributed by atoms with Gasteiger partial charge in [-0.15, -0.1) is 0 Å². The first-order valence-corrected chi connectivity index (χ1v) is 5.19. The van der Waals surface area contributed by atoms with Crippen LogP contribution in [0, 0.1) is 11.2 Å². The molecule has 2 rings (SSSR count). The first kappa shape index (κ1) is 11.1. The van der Waals surface area contributed by atoms with Gasteiger partial charge in [0.2, 0.25) is 0 Å². The van der Waals surface area contributed by atoms with Crippen molar-refractivity contribution in [2.45, 2.75) is 12.8 Å². The summed E-state index contributed by atoms with van der Waals surface area (Å²) in [6, 6.07) is 6.28. The molecule has 0 spiro atoms. The minimum atomic E-state index is -0.956. The predicted octanol–water partition coefficient (Wildman–Crippen LogP) is 1.86. The molecule has 1 N–H and O–H groups in total. The summed E-state index contributed by atoms with van der Waals surface area (Å²) >= 11 is 0. The summed E-state index contributed by atoms with van der Waals surface area (Å²) in [5.74, 6) is -1.26. The second-order valence-electron chi connectivity index (χ2n) is 4.16. The van der Waals surface area contributed by atoms with Crippen LogP contribution < -0.4 is 0 Å². The van der Waals surface area contributed by atoms with E-state index in [4.69, 9.17) is 4.74 Å². The molecule has 1 aromatic rings. The number of hydrogen-bond acceptors (Lipinski definition) is 2. The predicted molar refractivity (Wildman–Crippen MR) is 55.6 cm³/mol. The summed E-state index contributed by atoms with van der Waals surface area (Å²) in [5, 5.41) is 9.21. The van der Waals surface area contributed by atoms with Gasteiger partial charge in [-0.2, -0.15) is 0 Å². The Kier molecular flexibility index (Phi) is 2.92. The highest BCUT2D eigenvalue weighted by Gasteiger charge is 2.42. The zero-order chi connectivity index (χ0) is 11.6. The molecule has 16 heavy (non-hydrogen) atoms. The maximum absolute atomic E-state index is 13.4. The van der Waals surface area contributed by atoms with Crippen LogP contribution in [0.15, 0.2) is 24.3 Å². The molecule has 0 radical (unpaired) electrons. The number of hydrogen-bond donors (Lipinski definition) is 1. The highest BCUT2D eigenvalue weighted by atomic mass is 19.1. The lowest BCUT2D eigenvalue weighted by molar-refractivity contribution is -0.148. The van der Waals surface area contributed by atoms with E-state index in [1.165, 1.54) is 6.07 Å². The van der Waals surface area contributed by atoms with Gasteiger partial charge in [-0.05, 0) is 24.5 Å². The van der Waals surface area contributed by atoms with Crippen molar-refractivity contribution < 1.29 is 19.0 Å². The monoisotopic (exact) mass is 224 g/mol. The Balaban J connectivity index is 2.25. The van der Waals surface area contributed by atoms with Crippen LogP contribution in [-0.2, 0) is 16.0 Å². The van der Waals surface area contributed by atoms with Crippen LogP contribution in [0.4, 0.5) is 4.39 Å². The molecule has 1 aliphatic heterocycles. The lowest BCUT2D eigenvalue weighted by atomic mass is 9.81. The molecule has 3 nitrogen and oxygen atoms in total. The average molecular weight is 224 g/mol. The van der Waals surface area contributed by atoms with Crippen LogP contribution in [0.1, 0.15) is 12.0 Å². The molecule has 1 heterocycles. The van der Waals surface area contributed by atoms with Gasteiger partial charge in [0.15, 0.2) is 0 Å². The third-order valence-electron chi connectivity index (χ3n) is 3.04. The molecular weight excluding hydrogens is 211 g/mol. The lowest BCUT2D eigenvalue weighted by Crippen LogP contribution is -2.34. The SMILES string of the molecule is O=C(O)C1(Cc2ccccc2F)CCOC1. The summed E-state index contributed by atoms with van der Waals surface area (Å²) in [5.41, 5.74) is -0.516. The molecule has 1 atom stereocenters. The molecule has 1 aromatic carbocycles. The van der Waals surface area contributed by atoms with E-state index >= 15 is 0 Å². The summed E-state index contributed by atoms with van der Waals surface area (Å²) < 4.78 is 18.6. The fourth-order valence-corrected chi connectivity index (χ4v) is 2.00. The van der Waals surface area contributed by atoms with E-state index in [-0.39, 0.29) is 18.8 Å². The van der Waals surface area contributed by atoms with Crippen molar-refractivity contribution >= 4 is 5.97 Å². The van der Waals surface area contributed by atoms with E-state index in [1.807, 2.05) is 0 Å². The van der Waals surface area contributed by atoms with Crippen LogP contribution >= 0.6 is 0 Å². The molecule has 1 fully saturated rings. The molecule has 0 saturated carbocycles. The summed E-state index contributed by atoms with van der Waals surface area (Å²) in [4.78, 5) is 11.2. The zero-order valence-electron chi connectivity index (χ0n) is 8.78. The minimum absolute atomic E-state index is 0.163. The number of carbonyl (C=O) groups is 1. The van der Waals surface area contributed by atoms with E-state index in [0.29, 0.717) is 18.6 Å². The van der Waals surface area contributed by atoms with Crippen molar-refractivity contribution in [2.75, 3.05) is 13.2 Å². The Hall–Kier alpha value is -1.42. The van der Waals surface area contributed by atoms with Crippen molar-refractivity contribution in [3.05, 3.63) is 35.6 Å². The molecule has 1 aliphatic rings. The minimum Gasteiger partial charge on any atom is -0.481 e. The molecule has 0 aliphatic carbocycles. The molecule has 0 amide bonds. The normalized spacial score (nSPS) is 24.6. The number of ether oxygens (including phenoxy) is 1. The van der Waals surface area contributed by atoms with Gasteiger partial charge in [0, 0.05) is 6.61 Å². The third-order valence-corrected chi connectivity index (χ3v) is 3.04. The van der Waals surface area contributed by atoms with Crippen LogP contribution in [-0.4, -0.2) is 24.3 Å². The summed E-state index contributed by atoms with van der Waals surface area (Å²) in [6.45, 7) is 0.595. The van der Waals surface area contributed by atoms with Gasteiger partial charge in [0.05, 0.1) is 12.0 Å². The van der Waals surface area contributed by atoms with E-state index in [0.717, 1.165) is 0 Å². The van der Waals surface area contributed by atoms with Crippen LogP contribution in [0.5, 0.6) is 0 Å². The van der Waals surface area contributed by atoms with E-state index < -0.39 is 11.4 Å². The van der Waals surface area contributed by atoms with Gasteiger partial charge in [-0.1, -0.05) is 18.2 Å². The van der Waals surface area contributed by atoms with E-state index in [2.05, 4.69) is 0 Å². The standard InChI is InChI=1S/C12H13FO3/c13-10-4-2-1-3-9(10)7-12(11(14)15)5-6-16-8-12/h1-4H,5-8H2,(H,14,15). The van der Waals surface area contributed by atoms with Crippen molar-refractivity contribution in [3.63, 3.8) is 0 Å². The van der Waals surface area contributed by atoms with Crippen molar-refractivity contribution in [3.8, 4) is 0 Å². The molecule has 4 heteroatoms. The van der Waals surface area contributed by atoms with Gasteiger partial charge >= 0.3 is 5.97 Å². The topological polar surface area (TPSA) is 46.5 Å². The van der Waals surface area contributed by atoms with Gasteiger partial charge in [0.1, 0.15) is 5.82 Å². The summed E-state index contributed by atoms with van der Waals surface area (Å²) in [6.07, 6.45) is 0.631. The van der Waals surface area contributed by atoms with Gasteiger partial charge < -0.3 is 9.84 Å². The number of halogens is 1. The first-order valence-electron chi connectivity index (χ1n) is 5.19. The zero-order valence-corrected chi connectivity index (χ0v) is 8.78. The van der Waals surface area contributed by atoms with Crippen molar-refractivity contribution in [2.24, 2.45) is 5.41 Å². The lowest BCUT2D eigenvalue weighted by Gasteiger charge is -2.22. The van der Waals surface area contributed by atoms with Crippen molar-refractivity contribution in [1.82, 2.24) is 0 Å². The number of carboxylic acids is 1. The highest BCUT2D eigenvalue weighted by Crippen LogP contribution is 2.33. The number of aliphatic carboxylic acids is 1. The van der Waals surface area contributed by atoms with Crippen LogP contribution in [0.3, 0.4) is 0 Å². The van der Waals surface area contributed by atoms with E-state index in [9.17, 15) is 14.3 Å². The van der Waals surface area contributed by atoms with E-state index in [1.54, 1.807) is 18.2 Å². The average Bonchev–Trinajstić information content (AvgIpc) is 2.71. The van der Waals surface area contributed by atoms with Crippen LogP contribution in [0.2, 0.25) is 0 Å². The van der Waals surface area contributed by atoms with Crippen molar-refractivity contribution in [1.29, 1.82) is 0 Å². The summed E-state index contributed by atoms with van der Waals surface area (Å²) in [7, 11) is 0. The quantitative estimate of drug-likeness (QED) is 0.852. The molecule has 0 aromatic heterocycles. The molecule has 1 saturated heterocycles. The Labute approximate surface area is 92.9 Å². The van der Waals surface area contributed by atoms with Crippen LogP contribution in [0.25, 0.3) is 0 Å². The fraction of sp³-hybridized carbons (Fsp3) is 0.417. The second kappa shape index (κ2) is 4.22. The molecule has 0 bridgehead atoms.